The minimum Gasteiger partial charge on any atom is -0.336 e. The highest BCUT2D eigenvalue weighted by molar-refractivity contribution is 5.94. The molecule has 3 nitrogen and oxygen atoms in total. The molecule has 20 heavy (non-hydrogen) atoms. The molecule has 1 saturated heterocycles. The van der Waals surface area contributed by atoms with Gasteiger partial charge in [0.1, 0.15) is 5.82 Å². The van der Waals surface area contributed by atoms with Crippen molar-refractivity contribution in [2.75, 3.05) is 26.2 Å². The van der Waals surface area contributed by atoms with Crippen molar-refractivity contribution in [1.29, 1.82) is 0 Å². The minimum atomic E-state index is -0.302. The first-order valence-corrected chi connectivity index (χ1v) is 7.44. The van der Waals surface area contributed by atoms with Crippen LogP contribution >= 0.6 is 0 Å². The zero-order chi connectivity index (χ0) is 14.1. The first-order valence-electron chi connectivity index (χ1n) is 7.44. The first-order chi connectivity index (χ1) is 9.65. The maximum absolute atomic E-state index is 13.5. The summed E-state index contributed by atoms with van der Waals surface area (Å²) in [6, 6.07) is 5.49. The van der Waals surface area contributed by atoms with E-state index in [0.717, 1.165) is 32.2 Å². The molecule has 1 amide bonds. The van der Waals surface area contributed by atoms with Crippen molar-refractivity contribution in [2.24, 2.45) is 0 Å². The lowest BCUT2D eigenvalue weighted by Crippen LogP contribution is -2.53. The molecule has 4 heteroatoms. The Hall–Kier alpha value is -1.42. The molecule has 0 spiro atoms. The quantitative estimate of drug-likeness (QED) is 0.828. The van der Waals surface area contributed by atoms with Gasteiger partial charge in [0.25, 0.3) is 5.91 Å². The molecule has 1 aromatic carbocycles. The molecule has 2 fully saturated rings. The lowest BCUT2D eigenvalue weighted by Gasteiger charge is -2.42. The highest BCUT2D eigenvalue weighted by atomic mass is 19.1. The SMILES string of the molecule is Cc1ccc(C(=O)N2CCN(C3CCC3)CC2)cc1F. The van der Waals surface area contributed by atoms with Crippen molar-refractivity contribution < 1.29 is 9.18 Å². The second-order valence-corrected chi connectivity index (χ2v) is 5.88. The second kappa shape index (κ2) is 5.52. The fourth-order valence-electron chi connectivity index (χ4n) is 2.95. The van der Waals surface area contributed by atoms with Crippen molar-refractivity contribution in [1.82, 2.24) is 9.80 Å². The van der Waals surface area contributed by atoms with Crippen LogP contribution in [-0.4, -0.2) is 47.9 Å². The molecule has 1 saturated carbocycles. The number of benzene rings is 1. The van der Waals surface area contributed by atoms with Gasteiger partial charge in [-0.15, -0.1) is 0 Å². The molecule has 2 aliphatic rings. The van der Waals surface area contributed by atoms with E-state index in [1.54, 1.807) is 19.1 Å². The van der Waals surface area contributed by atoms with E-state index < -0.39 is 0 Å². The summed E-state index contributed by atoms with van der Waals surface area (Å²) >= 11 is 0. The number of carbonyl (C=O) groups is 1. The Morgan fingerprint density at radius 1 is 1.20 bits per heavy atom. The molecule has 1 heterocycles. The predicted octanol–water partition coefficient (Wildman–Crippen LogP) is 2.44. The molecular weight excluding hydrogens is 255 g/mol. The summed E-state index contributed by atoms with van der Waals surface area (Å²) in [5.41, 5.74) is 1.04. The van der Waals surface area contributed by atoms with E-state index in [-0.39, 0.29) is 11.7 Å². The number of rotatable bonds is 2. The zero-order valence-electron chi connectivity index (χ0n) is 11.9. The monoisotopic (exact) mass is 276 g/mol. The molecule has 0 unspecified atom stereocenters. The predicted molar refractivity (Wildman–Crippen MR) is 76.3 cm³/mol. The van der Waals surface area contributed by atoms with Crippen LogP contribution in [0.1, 0.15) is 35.2 Å². The van der Waals surface area contributed by atoms with E-state index in [2.05, 4.69) is 4.90 Å². The molecule has 1 aliphatic heterocycles. The third kappa shape index (κ3) is 2.57. The van der Waals surface area contributed by atoms with Gasteiger partial charge in [-0.05, 0) is 37.5 Å². The van der Waals surface area contributed by atoms with E-state index in [0.29, 0.717) is 11.1 Å². The summed E-state index contributed by atoms with van der Waals surface area (Å²) < 4.78 is 13.5. The van der Waals surface area contributed by atoms with Gasteiger partial charge in [-0.2, -0.15) is 0 Å². The van der Waals surface area contributed by atoms with Crippen LogP contribution in [0, 0.1) is 12.7 Å². The Kier molecular flexibility index (Phi) is 3.74. The Balaban J connectivity index is 1.62. The average molecular weight is 276 g/mol. The van der Waals surface area contributed by atoms with E-state index in [1.807, 2.05) is 4.90 Å². The van der Waals surface area contributed by atoms with Crippen molar-refractivity contribution in [3.63, 3.8) is 0 Å². The van der Waals surface area contributed by atoms with Gasteiger partial charge in [-0.1, -0.05) is 12.5 Å². The number of hydrogen-bond donors (Lipinski definition) is 0. The van der Waals surface area contributed by atoms with Crippen molar-refractivity contribution in [3.8, 4) is 0 Å². The Morgan fingerprint density at radius 3 is 2.45 bits per heavy atom. The largest absolute Gasteiger partial charge is 0.336 e. The van der Waals surface area contributed by atoms with Crippen LogP contribution in [0.2, 0.25) is 0 Å². The maximum atomic E-state index is 13.5. The third-order valence-electron chi connectivity index (χ3n) is 4.61. The average Bonchev–Trinajstić information content (AvgIpc) is 2.40. The van der Waals surface area contributed by atoms with Gasteiger partial charge < -0.3 is 4.90 Å². The highest BCUT2D eigenvalue weighted by Gasteiger charge is 2.29. The van der Waals surface area contributed by atoms with E-state index in [9.17, 15) is 9.18 Å². The molecule has 108 valence electrons. The number of piperazine rings is 1. The number of nitrogens with zero attached hydrogens (tertiary/aromatic N) is 2. The van der Waals surface area contributed by atoms with Gasteiger partial charge >= 0.3 is 0 Å². The lowest BCUT2D eigenvalue weighted by molar-refractivity contribution is 0.0455. The number of amides is 1. The van der Waals surface area contributed by atoms with Crippen LogP contribution in [0.4, 0.5) is 4.39 Å². The molecule has 0 aromatic heterocycles. The zero-order valence-corrected chi connectivity index (χ0v) is 11.9. The highest BCUT2D eigenvalue weighted by Crippen LogP contribution is 2.25. The van der Waals surface area contributed by atoms with E-state index >= 15 is 0 Å². The smallest absolute Gasteiger partial charge is 0.254 e. The van der Waals surface area contributed by atoms with Crippen molar-refractivity contribution >= 4 is 5.91 Å². The summed E-state index contributed by atoms with van der Waals surface area (Å²) in [5.74, 6) is -0.346. The molecular formula is C16H21FN2O. The molecule has 0 bridgehead atoms. The summed E-state index contributed by atoms with van der Waals surface area (Å²) in [5, 5.41) is 0. The fraction of sp³-hybridized carbons (Fsp3) is 0.562. The first kappa shape index (κ1) is 13.6. The van der Waals surface area contributed by atoms with Gasteiger partial charge in [-0.3, -0.25) is 9.69 Å². The maximum Gasteiger partial charge on any atom is 0.254 e. The van der Waals surface area contributed by atoms with Crippen LogP contribution in [0.3, 0.4) is 0 Å². The van der Waals surface area contributed by atoms with E-state index in [4.69, 9.17) is 0 Å². The van der Waals surface area contributed by atoms with Gasteiger partial charge in [-0.25, -0.2) is 4.39 Å². The third-order valence-corrected chi connectivity index (χ3v) is 4.61. The Bertz CT molecular complexity index is 505. The van der Waals surface area contributed by atoms with Crippen LogP contribution in [0.15, 0.2) is 18.2 Å². The van der Waals surface area contributed by atoms with Gasteiger partial charge in [0.2, 0.25) is 0 Å². The molecule has 1 aliphatic carbocycles. The van der Waals surface area contributed by atoms with Gasteiger partial charge in [0.15, 0.2) is 0 Å². The molecule has 1 aromatic rings. The summed E-state index contributed by atoms with van der Waals surface area (Å²) in [4.78, 5) is 16.7. The molecule has 0 N–H and O–H groups in total. The normalized spacial score (nSPS) is 20.8. The molecule has 3 rings (SSSR count). The van der Waals surface area contributed by atoms with Crippen LogP contribution in [0.5, 0.6) is 0 Å². The van der Waals surface area contributed by atoms with Gasteiger partial charge in [0.05, 0.1) is 0 Å². The summed E-state index contributed by atoms with van der Waals surface area (Å²) in [6.45, 7) is 5.12. The number of aryl methyl sites for hydroxylation is 1. The number of halogens is 1. The minimum absolute atomic E-state index is 0.0443. The number of carbonyl (C=O) groups excluding carboxylic acids is 1. The van der Waals surface area contributed by atoms with Crippen molar-refractivity contribution in [3.05, 3.63) is 35.1 Å². The van der Waals surface area contributed by atoms with Crippen LogP contribution < -0.4 is 0 Å². The van der Waals surface area contributed by atoms with E-state index in [1.165, 1.54) is 25.3 Å². The van der Waals surface area contributed by atoms with Crippen LogP contribution in [-0.2, 0) is 0 Å². The topological polar surface area (TPSA) is 23.6 Å². The molecule has 0 atom stereocenters. The number of hydrogen-bond acceptors (Lipinski definition) is 2. The lowest BCUT2D eigenvalue weighted by atomic mass is 9.91. The van der Waals surface area contributed by atoms with Crippen LogP contribution in [0.25, 0.3) is 0 Å². The van der Waals surface area contributed by atoms with Gasteiger partial charge in [0, 0.05) is 37.8 Å². The molecule has 0 radical (unpaired) electrons. The Morgan fingerprint density at radius 2 is 1.90 bits per heavy atom. The Labute approximate surface area is 119 Å². The standard InChI is InChI=1S/C16H21FN2O/c1-12-5-6-13(11-15(12)17)16(20)19-9-7-18(8-10-19)14-3-2-4-14/h5-6,11,14H,2-4,7-10H2,1H3. The summed E-state index contributed by atoms with van der Waals surface area (Å²) in [7, 11) is 0. The second-order valence-electron chi connectivity index (χ2n) is 5.88. The van der Waals surface area contributed by atoms with Crippen molar-refractivity contribution in [2.45, 2.75) is 32.2 Å². The fourth-order valence-corrected chi connectivity index (χ4v) is 2.95. The summed E-state index contributed by atoms with van der Waals surface area (Å²) in [6.07, 6.45) is 3.95.